The second kappa shape index (κ2) is 10.2. The lowest BCUT2D eigenvalue weighted by atomic mass is 10.1. The van der Waals surface area contributed by atoms with Crippen molar-refractivity contribution in [1.82, 2.24) is 0 Å². The SMILES string of the molecule is [CH2]CC=CCCc1cccc(NC(=O)CCCCC)c1. The molecule has 109 valence electrons. The maximum Gasteiger partial charge on any atom is 0.224 e. The molecule has 0 aliphatic carbocycles. The van der Waals surface area contributed by atoms with Gasteiger partial charge in [0.2, 0.25) is 5.91 Å². The van der Waals surface area contributed by atoms with E-state index in [2.05, 4.69) is 43.4 Å². The molecule has 0 aliphatic rings. The number of amides is 1. The highest BCUT2D eigenvalue weighted by Gasteiger charge is 2.02. The molecule has 0 fully saturated rings. The molecule has 1 radical (unpaired) electrons. The fraction of sp³-hybridized carbons (Fsp3) is 0.444. The lowest BCUT2D eigenvalue weighted by Gasteiger charge is -2.07. The number of carbonyl (C=O) groups excluding carboxylic acids is 1. The first-order chi connectivity index (χ1) is 9.76. The molecule has 1 aromatic rings. The Bertz CT molecular complexity index is 423. The number of rotatable bonds is 9. The molecule has 1 aromatic carbocycles. The van der Waals surface area contributed by atoms with Crippen LogP contribution >= 0.6 is 0 Å². The summed E-state index contributed by atoms with van der Waals surface area (Å²) in [5.41, 5.74) is 2.16. The van der Waals surface area contributed by atoms with Crippen molar-refractivity contribution >= 4 is 11.6 Å². The molecule has 2 heteroatoms. The van der Waals surface area contributed by atoms with E-state index in [1.54, 1.807) is 0 Å². The van der Waals surface area contributed by atoms with Gasteiger partial charge in [-0.25, -0.2) is 0 Å². The molecule has 0 spiro atoms. The largest absolute Gasteiger partial charge is 0.326 e. The summed E-state index contributed by atoms with van der Waals surface area (Å²) in [6.45, 7) is 5.92. The van der Waals surface area contributed by atoms with Crippen LogP contribution in [-0.2, 0) is 11.2 Å². The molecule has 0 aliphatic heterocycles. The van der Waals surface area contributed by atoms with Crippen LogP contribution in [0.15, 0.2) is 36.4 Å². The maximum atomic E-state index is 11.8. The number of aryl methyl sites for hydroxylation is 1. The van der Waals surface area contributed by atoms with Crippen molar-refractivity contribution in [2.45, 2.75) is 51.9 Å². The van der Waals surface area contributed by atoms with Crippen LogP contribution in [-0.4, -0.2) is 5.91 Å². The van der Waals surface area contributed by atoms with E-state index in [9.17, 15) is 4.79 Å². The Morgan fingerprint density at radius 2 is 2.15 bits per heavy atom. The Morgan fingerprint density at radius 3 is 2.90 bits per heavy atom. The van der Waals surface area contributed by atoms with Crippen LogP contribution in [0.1, 0.15) is 51.0 Å². The zero-order valence-corrected chi connectivity index (χ0v) is 12.5. The van der Waals surface area contributed by atoms with Gasteiger partial charge in [-0.15, -0.1) is 0 Å². The van der Waals surface area contributed by atoms with Gasteiger partial charge in [-0.2, -0.15) is 0 Å². The molecule has 0 saturated carbocycles. The Hall–Kier alpha value is -1.57. The van der Waals surface area contributed by atoms with Gasteiger partial charge in [0.1, 0.15) is 0 Å². The van der Waals surface area contributed by atoms with Crippen LogP contribution in [0.4, 0.5) is 5.69 Å². The lowest BCUT2D eigenvalue weighted by molar-refractivity contribution is -0.116. The Kier molecular flexibility index (Phi) is 8.44. The van der Waals surface area contributed by atoms with Gasteiger partial charge in [-0.1, -0.05) is 44.1 Å². The van der Waals surface area contributed by atoms with Crippen LogP contribution in [0.3, 0.4) is 0 Å². The Labute approximate surface area is 123 Å². The van der Waals surface area contributed by atoms with E-state index in [4.69, 9.17) is 0 Å². The van der Waals surface area contributed by atoms with Gasteiger partial charge < -0.3 is 5.32 Å². The number of allylic oxidation sites excluding steroid dienone is 2. The quantitative estimate of drug-likeness (QED) is 0.502. The summed E-state index contributed by atoms with van der Waals surface area (Å²) >= 11 is 0. The molecule has 20 heavy (non-hydrogen) atoms. The number of hydrogen-bond donors (Lipinski definition) is 1. The third kappa shape index (κ3) is 7.13. The minimum absolute atomic E-state index is 0.118. The van der Waals surface area contributed by atoms with Gasteiger partial charge in [0.25, 0.3) is 0 Å². The van der Waals surface area contributed by atoms with Crippen molar-refractivity contribution in [2.75, 3.05) is 5.32 Å². The highest BCUT2D eigenvalue weighted by atomic mass is 16.1. The molecule has 2 nitrogen and oxygen atoms in total. The van der Waals surface area contributed by atoms with Crippen molar-refractivity contribution in [1.29, 1.82) is 0 Å². The number of unbranched alkanes of at least 4 members (excludes halogenated alkanes) is 2. The van der Waals surface area contributed by atoms with E-state index in [1.807, 2.05) is 12.1 Å². The van der Waals surface area contributed by atoms with Crippen molar-refractivity contribution in [3.63, 3.8) is 0 Å². The summed E-state index contributed by atoms with van der Waals surface area (Å²) in [6.07, 6.45) is 10.9. The summed E-state index contributed by atoms with van der Waals surface area (Å²) in [6, 6.07) is 8.12. The van der Waals surface area contributed by atoms with Crippen LogP contribution in [0.25, 0.3) is 0 Å². The van der Waals surface area contributed by atoms with Gasteiger partial charge in [0.05, 0.1) is 0 Å². The van der Waals surface area contributed by atoms with E-state index in [-0.39, 0.29) is 5.91 Å². The van der Waals surface area contributed by atoms with Crippen molar-refractivity contribution in [3.05, 3.63) is 48.9 Å². The predicted molar refractivity (Wildman–Crippen MR) is 86.6 cm³/mol. The zero-order chi connectivity index (χ0) is 14.6. The second-order valence-corrected chi connectivity index (χ2v) is 5.00. The summed E-state index contributed by atoms with van der Waals surface area (Å²) < 4.78 is 0. The third-order valence-electron chi connectivity index (χ3n) is 3.15. The van der Waals surface area contributed by atoms with Gasteiger partial charge in [0.15, 0.2) is 0 Å². The normalized spacial score (nSPS) is 10.9. The van der Waals surface area contributed by atoms with Gasteiger partial charge in [-0.05, 0) is 50.3 Å². The van der Waals surface area contributed by atoms with E-state index in [0.717, 1.165) is 44.2 Å². The average Bonchev–Trinajstić information content (AvgIpc) is 2.44. The highest BCUT2D eigenvalue weighted by molar-refractivity contribution is 5.90. The molecule has 0 heterocycles. The Morgan fingerprint density at radius 1 is 1.30 bits per heavy atom. The maximum absolute atomic E-state index is 11.8. The number of carbonyl (C=O) groups is 1. The average molecular weight is 272 g/mol. The monoisotopic (exact) mass is 272 g/mol. The molecule has 0 bridgehead atoms. The fourth-order valence-electron chi connectivity index (χ4n) is 2.05. The number of benzene rings is 1. The number of anilines is 1. The van der Waals surface area contributed by atoms with E-state index < -0.39 is 0 Å². The summed E-state index contributed by atoms with van der Waals surface area (Å²) in [4.78, 5) is 11.8. The van der Waals surface area contributed by atoms with Crippen molar-refractivity contribution in [2.24, 2.45) is 0 Å². The third-order valence-corrected chi connectivity index (χ3v) is 3.15. The minimum atomic E-state index is 0.118. The fourth-order valence-corrected chi connectivity index (χ4v) is 2.05. The van der Waals surface area contributed by atoms with Gasteiger partial charge in [0, 0.05) is 12.1 Å². The second-order valence-electron chi connectivity index (χ2n) is 5.00. The van der Waals surface area contributed by atoms with Crippen LogP contribution in [0, 0.1) is 6.92 Å². The molecular formula is C18H26NO. The molecule has 0 aromatic heterocycles. The first kappa shape index (κ1) is 16.5. The smallest absolute Gasteiger partial charge is 0.224 e. The summed E-state index contributed by atoms with van der Waals surface area (Å²) in [5, 5.41) is 2.98. The van der Waals surface area contributed by atoms with E-state index in [1.165, 1.54) is 5.56 Å². The molecule has 0 atom stereocenters. The van der Waals surface area contributed by atoms with Crippen LogP contribution in [0.5, 0.6) is 0 Å². The molecule has 1 amide bonds. The van der Waals surface area contributed by atoms with Crippen LogP contribution in [0.2, 0.25) is 0 Å². The molecule has 1 rings (SSSR count). The molecular weight excluding hydrogens is 246 g/mol. The number of hydrogen-bond acceptors (Lipinski definition) is 1. The van der Waals surface area contributed by atoms with E-state index in [0.29, 0.717) is 6.42 Å². The summed E-state index contributed by atoms with van der Waals surface area (Å²) in [7, 11) is 0. The van der Waals surface area contributed by atoms with Crippen molar-refractivity contribution < 1.29 is 4.79 Å². The molecule has 1 N–H and O–H groups in total. The zero-order valence-electron chi connectivity index (χ0n) is 12.5. The predicted octanol–water partition coefficient (Wildman–Crippen LogP) is 4.92. The number of nitrogens with one attached hydrogen (secondary N) is 1. The first-order valence-corrected chi connectivity index (χ1v) is 7.59. The van der Waals surface area contributed by atoms with Crippen molar-refractivity contribution in [3.8, 4) is 0 Å². The molecule has 0 unspecified atom stereocenters. The van der Waals surface area contributed by atoms with Gasteiger partial charge in [-0.3, -0.25) is 4.79 Å². The van der Waals surface area contributed by atoms with Crippen LogP contribution < -0.4 is 5.32 Å². The lowest BCUT2D eigenvalue weighted by Crippen LogP contribution is -2.11. The standard InChI is InChI=1S/C18H26NO/c1-3-5-7-9-11-16-12-10-13-17(15-16)19-18(20)14-8-6-4-2/h5,7,10,12-13,15H,1,3-4,6,8-9,11,14H2,2H3,(H,19,20). The Balaban J connectivity index is 2.42. The van der Waals surface area contributed by atoms with Gasteiger partial charge >= 0.3 is 0 Å². The highest BCUT2D eigenvalue weighted by Crippen LogP contribution is 2.13. The first-order valence-electron chi connectivity index (χ1n) is 7.59. The topological polar surface area (TPSA) is 29.1 Å². The minimum Gasteiger partial charge on any atom is -0.326 e. The summed E-state index contributed by atoms with van der Waals surface area (Å²) in [5.74, 6) is 0.118. The molecule has 0 saturated heterocycles. The van der Waals surface area contributed by atoms with E-state index >= 15 is 0 Å².